The number of nitrogens with one attached hydrogen (secondary N) is 1. The highest BCUT2D eigenvalue weighted by atomic mass is 16.5. The molecule has 0 radical (unpaired) electrons. The summed E-state index contributed by atoms with van der Waals surface area (Å²) in [6, 6.07) is 14.4. The third-order valence-corrected chi connectivity index (χ3v) is 6.68. The molecule has 1 fully saturated rings. The van der Waals surface area contributed by atoms with E-state index in [0.717, 1.165) is 62.4 Å². The maximum atomic E-state index is 12.2. The maximum absolute atomic E-state index is 12.2. The van der Waals surface area contributed by atoms with Crippen LogP contribution in [0.4, 0.5) is 0 Å². The summed E-state index contributed by atoms with van der Waals surface area (Å²) < 4.78 is 16.4. The van der Waals surface area contributed by atoms with Crippen LogP contribution in [0.2, 0.25) is 0 Å². The Morgan fingerprint density at radius 2 is 1.81 bits per heavy atom. The number of morpholine rings is 1. The number of ether oxygens (including phenoxy) is 2. The van der Waals surface area contributed by atoms with E-state index in [9.17, 15) is 4.79 Å². The standard InChI is InChI=1S/C26H30N2O4/c1-30-22-7-5-18(6-8-22)24(28-9-11-31-12-10-28)17-27-16-21-15-26(29)32-25-14-20-4-2-3-19(20)13-23(21)25/h5-8,13-15,24,27H,2-4,9-12,16-17H2,1H3. The molecule has 0 bridgehead atoms. The van der Waals surface area contributed by atoms with E-state index in [0.29, 0.717) is 12.1 Å². The molecule has 32 heavy (non-hydrogen) atoms. The summed E-state index contributed by atoms with van der Waals surface area (Å²) in [4.78, 5) is 14.7. The van der Waals surface area contributed by atoms with Gasteiger partial charge in [0.05, 0.1) is 20.3 Å². The minimum atomic E-state index is -0.285. The topological polar surface area (TPSA) is 63.9 Å². The Morgan fingerprint density at radius 3 is 2.56 bits per heavy atom. The number of benzene rings is 2. The average Bonchev–Trinajstić information content (AvgIpc) is 3.28. The number of methoxy groups -OCH3 is 1. The van der Waals surface area contributed by atoms with E-state index in [4.69, 9.17) is 13.9 Å². The van der Waals surface area contributed by atoms with Crippen LogP contribution < -0.4 is 15.7 Å². The molecule has 0 saturated carbocycles. The van der Waals surface area contributed by atoms with Gasteiger partial charge in [-0.2, -0.15) is 0 Å². The molecule has 1 unspecified atom stereocenters. The molecule has 0 amide bonds. The van der Waals surface area contributed by atoms with Crippen molar-refractivity contribution in [2.45, 2.75) is 31.8 Å². The molecular formula is C26H30N2O4. The Bertz CT molecular complexity index is 1130. The van der Waals surface area contributed by atoms with Gasteiger partial charge in [-0.15, -0.1) is 0 Å². The number of aryl methyl sites for hydroxylation is 2. The Labute approximate surface area is 188 Å². The molecule has 2 heterocycles. The van der Waals surface area contributed by atoms with Crippen LogP contribution in [0.25, 0.3) is 11.0 Å². The molecule has 2 aromatic carbocycles. The second kappa shape index (κ2) is 9.45. The zero-order valence-corrected chi connectivity index (χ0v) is 18.6. The molecule has 2 aliphatic rings. The molecule has 3 aromatic rings. The predicted octanol–water partition coefficient (Wildman–Crippen LogP) is 3.45. The van der Waals surface area contributed by atoms with Crippen molar-refractivity contribution in [2.24, 2.45) is 0 Å². The molecule has 168 valence electrons. The predicted molar refractivity (Wildman–Crippen MR) is 124 cm³/mol. The zero-order valence-electron chi connectivity index (χ0n) is 18.6. The molecule has 1 aliphatic heterocycles. The molecule has 1 saturated heterocycles. The number of fused-ring (bicyclic) bond motifs is 2. The smallest absolute Gasteiger partial charge is 0.336 e. The fraction of sp³-hybridized carbons (Fsp3) is 0.423. The highest BCUT2D eigenvalue weighted by Gasteiger charge is 2.23. The van der Waals surface area contributed by atoms with E-state index in [1.807, 2.05) is 12.1 Å². The van der Waals surface area contributed by atoms with Crippen molar-refractivity contribution >= 4 is 11.0 Å². The van der Waals surface area contributed by atoms with Gasteiger partial charge < -0.3 is 19.2 Å². The summed E-state index contributed by atoms with van der Waals surface area (Å²) in [5.74, 6) is 0.859. The van der Waals surface area contributed by atoms with Crippen LogP contribution >= 0.6 is 0 Å². The van der Waals surface area contributed by atoms with Crippen LogP contribution in [0.3, 0.4) is 0 Å². The molecule has 0 spiro atoms. The average molecular weight is 435 g/mol. The normalized spacial score (nSPS) is 17.4. The van der Waals surface area contributed by atoms with Gasteiger partial charge in [0, 0.05) is 43.7 Å². The summed E-state index contributed by atoms with van der Waals surface area (Å²) in [5.41, 5.74) is 5.37. The summed E-state index contributed by atoms with van der Waals surface area (Å²) in [7, 11) is 1.69. The second-order valence-corrected chi connectivity index (χ2v) is 8.63. The van der Waals surface area contributed by atoms with E-state index in [1.165, 1.54) is 23.1 Å². The molecule has 6 heteroatoms. The fourth-order valence-corrected chi connectivity index (χ4v) is 4.96. The third kappa shape index (κ3) is 4.44. The van der Waals surface area contributed by atoms with Crippen molar-refractivity contribution in [3.05, 3.63) is 75.1 Å². The van der Waals surface area contributed by atoms with Gasteiger partial charge in [0.25, 0.3) is 0 Å². The molecule has 5 rings (SSSR count). The van der Waals surface area contributed by atoms with Gasteiger partial charge in [-0.1, -0.05) is 12.1 Å². The first kappa shape index (κ1) is 21.2. The summed E-state index contributed by atoms with van der Waals surface area (Å²) in [5, 5.41) is 4.67. The van der Waals surface area contributed by atoms with Crippen molar-refractivity contribution in [2.75, 3.05) is 40.0 Å². The van der Waals surface area contributed by atoms with Crippen LogP contribution in [0.5, 0.6) is 5.75 Å². The fourth-order valence-electron chi connectivity index (χ4n) is 4.96. The zero-order chi connectivity index (χ0) is 21.9. The molecule has 1 aliphatic carbocycles. The van der Waals surface area contributed by atoms with Gasteiger partial charge in [-0.3, -0.25) is 4.90 Å². The lowest BCUT2D eigenvalue weighted by molar-refractivity contribution is 0.0161. The number of nitrogens with zero attached hydrogens (tertiary/aromatic N) is 1. The van der Waals surface area contributed by atoms with Crippen LogP contribution in [0.1, 0.15) is 34.7 Å². The van der Waals surface area contributed by atoms with Gasteiger partial charge in [-0.25, -0.2) is 4.79 Å². The van der Waals surface area contributed by atoms with E-state index in [-0.39, 0.29) is 11.7 Å². The second-order valence-electron chi connectivity index (χ2n) is 8.63. The first-order valence-corrected chi connectivity index (χ1v) is 11.5. The van der Waals surface area contributed by atoms with Gasteiger partial charge >= 0.3 is 5.63 Å². The SMILES string of the molecule is COc1ccc(C(CNCc2cc(=O)oc3cc4c(cc23)CCC4)N2CCOCC2)cc1. The van der Waals surface area contributed by atoms with Crippen molar-refractivity contribution in [1.82, 2.24) is 10.2 Å². The Hall–Kier alpha value is -2.67. The molecule has 1 N–H and O–H groups in total. The summed E-state index contributed by atoms with van der Waals surface area (Å²) in [6.45, 7) is 4.71. The quantitative estimate of drug-likeness (QED) is 0.575. The van der Waals surface area contributed by atoms with E-state index in [2.05, 4.69) is 34.5 Å². The lowest BCUT2D eigenvalue weighted by Gasteiger charge is -2.35. The van der Waals surface area contributed by atoms with Crippen LogP contribution in [-0.4, -0.2) is 44.9 Å². The van der Waals surface area contributed by atoms with Crippen LogP contribution in [0, 0.1) is 0 Å². The van der Waals surface area contributed by atoms with E-state index < -0.39 is 0 Å². The summed E-state index contributed by atoms with van der Waals surface area (Å²) in [6.07, 6.45) is 3.35. The molecule has 1 aromatic heterocycles. The first-order valence-electron chi connectivity index (χ1n) is 11.5. The van der Waals surface area contributed by atoms with Crippen molar-refractivity contribution in [3.63, 3.8) is 0 Å². The summed E-state index contributed by atoms with van der Waals surface area (Å²) >= 11 is 0. The Balaban J connectivity index is 1.36. The van der Waals surface area contributed by atoms with Crippen molar-refractivity contribution in [1.29, 1.82) is 0 Å². The highest BCUT2D eigenvalue weighted by molar-refractivity contribution is 5.82. The van der Waals surface area contributed by atoms with Crippen molar-refractivity contribution in [3.8, 4) is 5.75 Å². The minimum Gasteiger partial charge on any atom is -0.497 e. The monoisotopic (exact) mass is 434 g/mol. The van der Waals surface area contributed by atoms with Gasteiger partial charge in [0.15, 0.2) is 0 Å². The van der Waals surface area contributed by atoms with Gasteiger partial charge in [0.1, 0.15) is 11.3 Å². The number of hydrogen-bond donors (Lipinski definition) is 1. The van der Waals surface area contributed by atoms with Crippen LogP contribution in [0.15, 0.2) is 51.7 Å². The lowest BCUT2D eigenvalue weighted by atomic mass is 10.0. The number of hydrogen-bond acceptors (Lipinski definition) is 6. The number of rotatable bonds is 7. The third-order valence-electron chi connectivity index (χ3n) is 6.68. The Kier molecular flexibility index (Phi) is 6.26. The first-order chi connectivity index (χ1) is 15.7. The Morgan fingerprint density at radius 1 is 1.06 bits per heavy atom. The molecular weight excluding hydrogens is 404 g/mol. The molecule has 1 atom stereocenters. The lowest BCUT2D eigenvalue weighted by Crippen LogP contribution is -2.42. The van der Waals surface area contributed by atoms with Crippen molar-refractivity contribution < 1.29 is 13.9 Å². The van der Waals surface area contributed by atoms with Gasteiger partial charge in [0.2, 0.25) is 0 Å². The maximum Gasteiger partial charge on any atom is 0.336 e. The van der Waals surface area contributed by atoms with Gasteiger partial charge in [-0.05, 0) is 65.8 Å². The minimum absolute atomic E-state index is 0.223. The van der Waals surface area contributed by atoms with E-state index in [1.54, 1.807) is 13.2 Å². The largest absolute Gasteiger partial charge is 0.497 e. The van der Waals surface area contributed by atoms with E-state index >= 15 is 0 Å². The van der Waals surface area contributed by atoms with Crippen LogP contribution in [-0.2, 0) is 24.1 Å². The molecule has 6 nitrogen and oxygen atoms in total. The highest BCUT2D eigenvalue weighted by Crippen LogP contribution is 2.29.